The highest BCUT2D eigenvalue weighted by atomic mass is 15.3. The van der Waals surface area contributed by atoms with Crippen molar-refractivity contribution in [3.8, 4) is 11.8 Å². The number of nitriles is 1. The third-order valence-corrected chi connectivity index (χ3v) is 1.75. The molecule has 0 atom stereocenters. The molecule has 14 heavy (non-hydrogen) atoms. The number of hydrogen-bond donors (Lipinski definition) is 1. The lowest BCUT2D eigenvalue weighted by Gasteiger charge is -1.99. The van der Waals surface area contributed by atoms with Crippen molar-refractivity contribution in [3.05, 3.63) is 36.3 Å². The summed E-state index contributed by atoms with van der Waals surface area (Å²) in [5.41, 5.74) is 6.74. The van der Waals surface area contributed by atoms with Crippen molar-refractivity contribution in [2.24, 2.45) is 0 Å². The molecule has 2 rings (SSSR count). The second-order valence-electron chi connectivity index (χ2n) is 2.73. The number of hydrogen-bond acceptors (Lipinski definition) is 4. The van der Waals surface area contributed by atoms with Crippen LogP contribution < -0.4 is 5.73 Å². The average molecular weight is 185 g/mol. The zero-order chi connectivity index (χ0) is 9.97. The minimum atomic E-state index is 0.460. The van der Waals surface area contributed by atoms with Gasteiger partial charge < -0.3 is 5.73 Å². The van der Waals surface area contributed by atoms with Crippen molar-refractivity contribution in [3.63, 3.8) is 0 Å². The van der Waals surface area contributed by atoms with Crippen LogP contribution in [0.25, 0.3) is 5.69 Å². The van der Waals surface area contributed by atoms with Crippen molar-refractivity contribution >= 4 is 5.82 Å². The highest BCUT2D eigenvalue weighted by Gasteiger charge is 1.99. The van der Waals surface area contributed by atoms with E-state index in [-0.39, 0.29) is 0 Å². The summed E-state index contributed by atoms with van der Waals surface area (Å²) in [6, 6.07) is 5.47. The largest absolute Gasteiger partial charge is 0.384 e. The maximum absolute atomic E-state index is 8.60. The summed E-state index contributed by atoms with van der Waals surface area (Å²) in [5, 5.41) is 12.6. The molecule has 5 nitrogen and oxygen atoms in total. The van der Waals surface area contributed by atoms with E-state index < -0.39 is 0 Å². The van der Waals surface area contributed by atoms with Gasteiger partial charge in [0.15, 0.2) is 0 Å². The minimum absolute atomic E-state index is 0.460. The Hall–Kier alpha value is -2.35. The molecule has 2 aromatic heterocycles. The fourth-order valence-corrected chi connectivity index (χ4v) is 1.05. The molecule has 2 N–H and O–H groups in total. The van der Waals surface area contributed by atoms with Gasteiger partial charge in [-0.3, -0.25) is 0 Å². The summed E-state index contributed by atoms with van der Waals surface area (Å²) in [5.74, 6) is 0.460. The van der Waals surface area contributed by atoms with E-state index in [4.69, 9.17) is 11.0 Å². The van der Waals surface area contributed by atoms with Crippen LogP contribution in [-0.4, -0.2) is 14.8 Å². The lowest BCUT2D eigenvalue weighted by Crippen LogP contribution is -1.96. The fourth-order valence-electron chi connectivity index (χ4n) is 1.05. The molecule has 0 aromatic carbocycles. The summed E-state index contributed by atoms with van der Waals surface area (Å²) in [6.45, 7) is 0. The van der Waals surface area contributed by atoms with Crippen molar-refractivity contribution in [2.45, 2.75) is 0 Å². The zero-order valence-electron chi connectivity index (χ0n) is 7.25. The first-order valence-electron chi connectivity index (χ1n) is 3.96. The Morgan fingerprint density at radius 3 is 2.79 bits per heavy atom. The Bertz CT molecular complexity index is 477. The second-order valence-corrected chi connectivity index (χ2v) is 2.73. The Kier molecular flexibility index (Phi) is 1.88. The van der Waals surface area contributed by atoms with E-state index in [1.807, 2.05) is 6.07 Å². The predicted octanol–water partition coefficient (Wildman–Crippen LogP) is 0.721. The summed E-state index contributed by atoms with van der Waals surface area (Å²) in [7, 11) is 0. The number of pyridine rings is 1. The quantitative estimate of drug-likeness (QED) is 0.709. The average Bonchev–Trinajstić information content (AvgIpc) is 2.67. The van der Waals surface area contributed by atoms with Gasteiger partial charge in [-0.2, -0.15) is 10.4 Å². The topological polar surface area (TPSA) is 80.5 Å². The normalized spacial score (nSPS) is 9.64. The molecule has 0 aliphatic carbocycles. The first kappa shape index (κ1) is 8.26. The molecule has 0 aliphatic rings. The van der Waals surface area contributed by atoms with Gasteiger partial charge in [-0.25, -0.2) is 9.67 Å². The number of aromatic nitrogens is 3. The SMILES string of the molecule is N#Cc1cnn(-c2ccc(N)nc2)c1. The van der Waals surface area contributed by atoms with E-state index in [0.29, 0.717) is 11.4 Å². The van der Waals surface area contributed by atoms with Crippen LogP contribution in [0.5, 0.6) is 0 Å². The van der Waals surface area contributed by atoms with Gasteiger partial charge in [-0.05, 0) is 12.1 Å². The highest BCUT2D eigenvalue weighted by Crippen LogP contribution is 2.07. The van der Waals surface area contributed by atoms with Crippen molar-refractivity contribution in [1.82, 2.24) is 14.8 Å². The fraction of sp³-hybridized carbons (Fsp3) is 0. The van der Waals surface area contributed by atoms with Crippen LogP contribution in [0.3, 0.4) is 0 Å². The highest BCUT2D eigenvalue weighted by molar-refractivity contribution is 5.37. The van der Waals surface area contributed by atoms with Crippen molar-refractivity contribution in [2.75, 3.05) is 5.73 Å². The summed E-state index contributed by atoms with van der Waals surface area (Å²) in [4.78, 5) is 3.92. The van der Waals surface area contributed by atoms with Gasteiger partial charge in [0.25, 0.3) is 0 Å². The smallest absolute Gasteiger partial charge is 0.123 e. The van der Waals surface area contributed by atoms with Crippen molar-refractivity contribution in [1.29, 1.82) is 5.26 Å². The molecule has 0 radical (unpaired) electrons. The number of nitrogens with zero attached hydrogens (tertiary/aromatic N) is 4. The first-order chi connectivity index (χ1) is 6.79. The molecule has 2 heterocycles. The van der Waals surface area contributed by atoms with Gasteiger partial charge in [0, 0.05) is 6.20 Å². The Balaban J connectivity index is 2.40. The van der Waals surface area contributed by atoms with Crippen LogP contribution in [0, 0.1) is 11.3 Å². The second kappa shape index (κ2) is 3.18. The minimum Gasteiger partial charge on any atom is -0.384 e. The van der Waals surface area contributed by atoms with Crippen LogP contribution in [0.1, 0.15) is 5.56 Å². The van der Waals surface area contributed by atoms with Crippen LogP contribution in [0.4, 0.5) is 5.82 Å². The molecule has 0 fully saturated rings. The number of anilines is 1. The van der Waals surface area contributed by atoms with E-state index in [1.165, 1.54) is 6.20 Å². The predicted molar refractivity (Wildman–Crippen MR) is 50.5 cm³/mol. The van der Waals surface area contributed by atoms with Gasteiger partial charge in [0.2, 0.25) is 0 Å². The van der Waals surface area contributed by atoms with E-state index in [2.05, 4.69) is 10.1 Å². The molecule has 0 saturated heterocycles. The molecule has 0 amide bonds. The molecule has 2 aromatic rings. The maximum Gasteiger partial charge on any atom is 0.123 e. The number of nitrogen functional groups attached to an aromatic ring is 1. The van der Waals surface area contributed by atoms with E-state index in [1.54, 1.807) is 29.2 Å². The lowest BCUT2D eigenvalue weighted by molar-refractivity contribution is 0.874. The van der Waals surface area contributed by atoms with Crippen LogP contribution >= 0.6 is 0 Å². The van der Waals surface area contributed by atoms with Gasteiger partial charge in [-0.1, -0.05) is 0 Å². The van der Waals surface area contributed by atoms with Crippen LogP contribution in [-0.2, 0) is 0 Å². The van der Waals surface area contributed by atoms with E-state index in [0.717, 1.165) is 5.69 Å². The van der Waals surface area contributed by atoms with Crippen LogP contribution in [0.15, 0.2) is 30.7 Å². The molecular weight excluding hydrogens is 178 g/mol. The van der Waals surface area contributed by atoms with Crippen LogP contribution in [0.2, 0.25) is 0 Å². The molecule has 0 saturated carbocycles. The molecule has 68 valence electrons. The third-order valence-electron chi connectivity index (χ3n) is 1.75. The summed E-state index contributed by atoms with van der Waals surface area (Å²) < 4.78 is 1.57. The molecule has 0 unspecified atom stereocenters. The monoisotopic (exact) mass is 185 g/mol. The third kappa shape index (κ3) is 1.41. The molecule has 5 heteroatoms. The standard InChI is InChI=1S/C9H7N5/c10-3-7-4-13-14(6-7)8-1-2-9(11)12-5-8/h1-2,4-6H,(H2,11,12). The number of nitrogens with two attached hydrogens (primary N) is 1. The Labute approximate surface area is 80.4 Å². The van der Waals surface area contributed by atoms with Gasteiger partial charge in [-0.15, -0.1) is 0 Å². The maximum atomic E-state index is 8.60. The summed E-state index contributed by atoms with van der Waals surface area (Å²) in [6.07, 6.45) is 4.73. The zero-order valence-corrected chi connectivity index (χ0v) is 7.25. The number of rotatable bonds is 1. The van der Waals surface area contributed by atoms with E-state index >= 15 is 0 Å². The summed E-state index contributed by atoms with van der Waals surface area (Å²) >= 11 is 0. The van der Waals surface area contributed by atoms with E-state index in [9.17, 15) is 0 Å². The molecule has 0 bridgehead atoms. The Morgan fingerprint density at radius 1 is 1.36 bits per heavy atom. The lowest BCUT2D eigenvalue weighted by atomic mass is 10.4. The van der Waals surface area contributed by atoms with Gasteiger partial charge in [0.1, 0.15) is 11.9 Å². The molecule has 0 aliphatic heterocycles. The molecule has 0 spiro atoms. The first-order valence-corrected chi connectivity index (χ1v) is 3.96. The Morgan fingerprint density at radius 2 is 2.21 bits per heavy atom. The molecular formula is C9H7N5. The van der Waals surface area contributed by atoms with Crippen molar-refractivity contribution < 1.29 is 0 Å². The van der Waals surface area contributed by atoms with Gasteiger partial charge in [0.05, 0.1) is 23.6 Å². The van der Waals surface area contributed by atoms with Gasteiger partial charge >= 0.3 is 0 Å².